The maximum atomic E-state index is 12.5. The van der Waals surface area contributed by atoms with Crippen LogP contribution in [0.1, 0.15) is 53.0 Å². The molecule has 0 unspecified atom stereocenters. The van der Waals surface area contributed by atoms with Gasteiger partial charge in [0.05, 0.1) is 24.5 Å². The fraction of sp³-hybridized carbons (Fsp3) is 0.500. The lowest BCUT2D eigenvalue weighted by molar-refractivity contribution is 0.0479. The minimum atomic E-state index is -0.580. The molecule has 0 atom stereocenters. The number of nitrogens with zero attached hydrogens (tertiary/aromatic N) is 3. The molecule has 7 nitrogen and oxygen atoms in total. The summed E-state index contributed by atoms with van der Waals surface area (Å²) >= 11 is 0. The van der Waals surface area contributed by atoms with Crippen LogP contribution in [-0.4, -0.2) is 39.7 Å². The van der Waals surface area contributed by atoms with Gasteiger partial charge in [-0.25, -0.2) is 19.6 Å². The van der Waals surface area contributed by atoms with Gasteiger partial charge in [-0.2, -0.15) is 0 Å². The monoisotopic (exact) mass is 319 g/mol. The quantitative estimate of drug-likeness (QED) is 0.787. The van der Waals surface area contributed by atoms with Crippen molar-refractivity contribution >= 4 is 23.1 Å². The molecule has 124 valence electrons. The Labute approximate surface area is 134 Å². The molecule has 2 aromatic rings. The average molecular weight is 319 g/mol. The Morgan fingerprint density at radius 3 is 2.04 bits per heavy atom. The number of hydrogen-bond acceptors (Lipinski definition) is 6. The van der Waals surface area contributed by atoms with Gasteiger partial charge >= 0.3 is 11.9 Å². The Balaban J connectivity index is 2.87. The molecule has 0 N–H and O–H groups in total. The smallest absolute Gasteiger partial charge is 0.341 e. The van der Waals surface area contributed by atoms with E-state index in [2.05, 4.69) is 9.97 Å². The van der Waals surface area contributed by atoms with Crippen molar-refractivity contribution in [3.05, 3.63) is 22.6 Å². The Kier molecular flexibility index (Phi) is 4.98. The highest BCUT2D eigenvalue weighted by molar-refractivity contribution is 6.11. The largest absolute Gasteiger partial charge is 0.462 e. The van der Waals surface area contributed by atoms with Crippen molar-refractivity contribution in [3.8, 4) is 0 Å². The Bertz CT molecular complexity index is 765. The van der Waals surface area contributed by atoms with E-state index in [1.54, 1.807) is 20.8 Å². The van der Waals surface area contributed by atoms with E-state index in [0.29, 0.717) is 23.4 Å². The third-order valence-electron chi connectivity index (χ3n) is 3.54. The molecule has 0 spiro atoms. The first kappa shape index (κ1) is 16.9. The first-order valence-corrected chi connectivity index (χ1v) is 7.67. The van der Waals surface area contributed by atoms with E-state index in [1.165, 1.54) is 0 Å². The predicted octanol–water partition coefficient (Wildman–Crippen LogP) is 2.42. The van der Waals surface area contributed by atoms with Crippen LogP contribution in [0.4, 0.5) is 0 Å². The van der Waals surface area contributed by atoms with Gasteiger partial charge in [-0.05, 0) is 34.6 Å². The molecule has 0 fully saturated rings. The normalized spacial score (nSPS) is 10.8. The van der Waals surface area contributed by atoms with Crippen molar-refractivity contribution in [3.63, 3.8) is 0 Å². The molecule has 0 amide bonds. The van der Waals surface area contributed by atoms with Crippen LogP contribution in [0.5, 0.6) is 0 Å². The molecule has 0 aromatic carbocycles. The number of ether oxygens (including phenoxy) is 2. The Morgan fingerprint density at radius 1 is 0.957 bits per heavy atom. The van der Waals surface area contributed by atoms with Gasteiger partial charge < -0.3 is 14.0 Å². The van der Waals surface area contributed by atoms with Crippen LogP contribution in [0.2, 0.25) is 0 Å². The van der Waals surface area contributed by atoms with Crippen molar-refractivity contribution in [1.82, 2.24) is 14.5 Å². The summed E-state index contributed by atoms with van der Waals surface area (Å²) in [6.07, 6.45) is 0. The zero-order valence-electron chi connectivity index (χ0n) is 14.1. The summed E-state index contributed by atoms with van der Waals surface area (Å²) in [5.74, 6) is -0.425. The minimum Gasteiger partial charge on any atom is -0.462 e. The van der Waals surface area contributed by atoms with Gasteiger partial charge in [-0.1, -0.05) is 0 Å². The van der Waals surface area contributed by atoms with E-state index in [9.17, 15) is 9.59 Å². The summed E-state index contributed by atoms with van der Waals surface area (Å²) in [6, 6.07) is 0. The molecule has 0 saturated carbocycles. The van der Waals surface area contributed by atoms with Crippen molar-refractivity contribution in [2.24, 2.45) is 0 Å². The molecule has 2 aromatic heterocycles. The SMILES string of the molecule is CCOC(=O)c1c(C)nc2nc(C)n(CC)c2c1C(=O)OCC. The molecular weight excluding hydrogens is 298 g/mol. The van der Waals surface area contributed by atoms with Gasteiger partial charge in [0, 0.05) is 6.54 Å². The highest BCUT2D eigenvalue weighted by atomic mass is 16.5. The van der Waals surface area contributed by atoms with E-state index in [-0.39, 0.29) is 24.3 Å². The molecule has 0 saturated heterocycles. The van der Waals surface area contributed by atoms with Crippen LogP contribution >= 0.6 is 0 Å². The van der Waals surface area contributed by atoms with Gasteiger partial charge in [0.15, 0.2) is 5.65 Å². The summed E-state index contributed by atoms with van der Waals surface area (Å²) in [6.45, 7) is 9.88. The average Bonchev–Trinajstić information content (AvgIpc) is 2.80. The number of fused-ring (bicyclic) bond motifs is 1. The summed E-state index contributed by atoms with van der Waals surface area (Å²) in [5.41, 5.74) is 1.66. The minimum absolute atomic E-state index is 0.146. The van der Waals surface area contributed by atoms with E-state index in [1.807, 2.05) is 18.4 Å². The van der Waals surface area contributed by atoms with Crippen LogP contribution in [0.25, 0.3) is 11.2 Å². The van der Waals surface area contributed by atoms with Gasteiger partial charge in [-0.3, -0.25) is 0 Å². The van der Waals surface area contributed by atoms with Crippen LogP contribution in [0, 0.1) is 13.8 Å². The zero-order valence-corrected chi connectivity index (χ0v) is 14.1. The third-order valence-corrected chi connectivity index (χ3v) is 3.54. The molecule has 7 heteroatoms. The number of pyridine rings is 1. The van der Waals surface area contributed by atoms with Gasteiger partial charge in [0.2, 0.25) is 0 Å². The first-order valence-electron chi connectivity index (χ1n) is 7.67. The van der Waals surface area contributed by atoms with Crippen LogP contribution in [0.15, 0.2) is 0 Å². The summed E-state index contributed by atoms with van der Waals surface area (Å²) in [4.78, 5) is 33.6. The molecule has 0 bridgehead atoms. The Hall–Kier alpha value is -2.44. The number of hydrogen-bond donors (Lipinski definition) is 0. The van der Waals surface area contributed by atoms with E-state index in [4.69, 9.17) is 9.47 Å². The lowest BCUT2D eigenvalue weighted by Crippen LogP contribution is -2.18. The highest BCUT2D eigenvalue weighted by Crippen LogP contribution is 2.26. The Morgan fingerprint density at radius 2 is 1.52 bits per heavy atom. The van der Waals surface area contributed by atoms with E-state index in [0.717, 1.165) is 5.82 Å². The van der Waals surface area contributed by atoms with Gasteiger partial charge in [0.1, 0.15) is 16.9 Å². The maximum absolute atomic E-state index is 12.5. The second kappa shape index (κ2) is 6.76. The molecule has 2 rings (SSSR count). The summed E-state index contributed by atoms with van der Waals surface area (Å²) in [7, 11) is 0. The van der Waals surface area contributed by atoms with Crippen LogP contribution in [-0.2, 0) is 16.0 Å². The standard InChI is InChI=1S/C16H21N3O4/c1-6-19-10(5)18-14-13(19)12(16(21)23-8-3)11(9(4)17-14)15(20)22-7-2/h6-8H2,1-5H3. The fourth-order valence-corrected chi connectivity index (χ4v) is 2.63. The number of esters is 2. The third kappa shape index (κ3) is 2.91. The predicted molar refractivity (Wildman–Crippen MR) is 84.6 cm³/mol. The maximum Gasteiger partial charge on any atom is 0.341 e. The van der Waals surface area contributed by atoms with Crippen molar-refractivity contribution < 1.29 is 19.1 Å². The topological polar surface area (TPSA) is 83.3 Å². The molecule has 0 aliphatic heterocycles. The lowest BCUT2D eigenvalue weighted by Gasteiger charge is -2.13. The number of aromatic nitrogens is 3. The fourth-order valence-electron chi connectivity index (χ4n) is 2.63. The summed E-state index contributed by atoms with van der Waals surface area (Å²) in [5, 5.41) is 0. The summed E-state index contributed by atoms with van der Waals surface area (Å²) < 4.78 is 12.1. The molecule has 0 radical (unpaired) electrons. The molecular formula is C16H21N3O4. The molecule has 0 aliphatic rings. The van der Waals surface area contributed by atoms with Gasteiger partial charge in [-0.15, -0.1) is 0 Å². The zero-order chi connectivity index (χ0) is 17.1. The number of aryl methyl sites for hydroxylation is 3. The van der Waals surface area contributed by atoms with E-state index >= 15 is 0 Å². The number of imidazole rings is 1. The first-order chi connectivity index (χ1) is 11.0. The van der Waals surface area contributed by atoms with Crippen LogP contribution in [0.3, 0.4) is 0 Å². The molecule has 23 heavy (non-hydrogen) atoms. The van der Waals surface area contributed by atoms with Crippen LogP contribution < -0.4 is 0 Å². The molecule has 0 aliphatic carbocycles. The van der Waals surface area contributed by atoms with Crippen molar-refractivity contribution in [1.29, 1.82) is 0 Å². The lowest BCUT2D eigenvalue weighted by atomic mass is 10.1. The number of carbonyl (C=O) groups excluding carboxylic acids is 2. The van der Waals surface area contributed by atoms with Crippen molar-refractivity contribution in [2.45, 2.75) is 41.2 Å². The van der Waals surface area contributed by atoms with E-state index < -0.39 is 11.9 Å². The second-order valence-electron chi connectivity index (χ2n) is 4.96. The molecule has 2 heterocycles. The van der Waals surface area contributed by atoms with Gasteiger partial charge in [0.25, 0.3) is 0 Å². The van der Waals surface area contributed by atoms with Crippen molar-refractivity contribution in [2.75, 3.05) is 13.2 Å². The second-order valence-corrected chi connectivity index (χ2v) is 4.96. The number of rotatable bonds is 5. The number of carbonyl (C=O) groups is 2. The highest BCUT2D eigenvalue weighted by Gasteiger charge is 2.29.